The topological polar surface area (TPSA) is 108 Å². The molecule has 4 fully saturated rings. The van der Waals surface area contributed by atoms with Gasteiger partial charge in [0.25, 0.3) is 0 Å². The van der Waals surface area contributed by atoms with Crippen LogP contribution in [-0.4, -0.2) is 88.7 Å². The number of likely N-dealkylation sites (tertiary alicyclic amines) is 1. The number of ether oxygens (including phenoxy) is 1. The first-order valence-electron chi connectivity index (χ1n) is 16.8. The molecule has 2 aliphatic heterocycles. The number of carbonyl (C=O) groups is 2. The molecule has 6 rings (SSSR count). The Morgan fingerprint density at radius 3 is 2.34 bits per heavy atom. The number of nitrogens with zero attached hydrogens (tertiary/aromatic N) is 2. The van der Waals surface area contributed by atoms with Gasteiger partial charge in [-0.15, -0.1) is 0 Å². The molecule has 2 N–H and O–H groups in total. The summed E-state index contributed by atoms with van der Waals surface area (Å²) in [7, 11) is -1.92. The number of anilines is 1. The quantitative estimate of drug-likeness (QED) is 0.360. The number of benzene rings is 2. The smallest absolute Gasteiger partial charge is 0.407 e. The van der Waals surface area contributed by atoms with E-state index in [9.17, 15) is 22.4 Å². The molecule has 0 aromatic heterocycles. The molecule has 0 spiro atoms. The van der Waals surface area contributed by atoms with Crippen molar-refractivity contribution < 1.29 is 31.5 Å². The third-order valence-electron chi connectivity index (χ3n) is 10.9. The number of rotatable bonds is 11. The SMILES string of the molecule is COC(=O)N[C@H]1CCC[C@@H]1C(CNC(C)=O)(c1cccc(F)c1)C1CCN(CC2(F)CN(c3ccc(S(=O)(=O)C4CC4)cc3)C2)CC1. The van der Waals surface area contributed by atoms with Gasteiger partial charge >= 0.3 is 6.09 Å². The Morgan fingerprint density at radius 2 is 1.72 bits per heavy atom. The first-order chi connectivity index (χ1) is 22.4. The highest BCUT2D eigenvalue weighted by Crippen LogP contribution is 2.50. The van der Waals surface area contributed by atoms with Gasteiger partial charge < -0.3 is 20.3 Å². The second-order valence-corrected chi connectivity index (χ2v) is 16.3. The largest absolute Gasteiger partial charge is 0.453 e. The van der Waals surface area contributed by atoms with Crippen molar-refractivity contribution in [3.05, 3.63) is 59.9 Å². The van der Waals surface area contributed by atoms with Crippen molar-refractivity contribution in [2.45, 2.75) is 79.1 Å². The summed E-state index contributed by atoms with van der Waals surface area (Å²) >= 11 is 0. The normalized spacial score (nSPS) is 24.6. The van der Waals surface area contributed by atoms with Gasteiger partial charge in [0.1, 0.15) is 5.82 Å². The lowest BCUT2D eigenvalue weighted by atomic mass is 9.58. The zero-order valence-electron chi connectivity index (χ0n) is 27.2. The van der Waals surface area contributed by atoms with E-state index < -0.39 is 27.0 Å². The molecule has 2 aromatic carbocycles. The molecule has 0 bridgehead atoms. The Kier molecular flexibility index (Phi) is 9.55. The number of piperidine rings is 1. The van der Waals surface area contributed by atoms with E-state index >= 15 is 4.39 Å². The molecule has 3 atom stereocenters. The highest BCUT2D eigenvalue weighted by molar-refractivity contribution is 7.92. The third-order valence-corrected chi connectivity index (χ3v) is 13.2. The third kappa shape index (κ3) is 6.99. The molecule has 1 unspecified atom stereocenters. The van der Waals surface area contributed by atoms with Gasteiger partial charge in [0.2, 0.25) is 5.91 Å². The van der Waals surface area contributed by atoms with E-state index in [1.54, 1.807) is 36.4 Å². The van der Waals surface area contributed by atoms with Crippen LogP contribution in [0.1, 0.15) is 57.4 Å². The predicted molar refractivity (Wildman–Crippen MR) is 175 cm³/mol. The van der Waals surface area contributed by atoms with Crippen LogP contribution in [0, 0.1) is 17.7 Å². The monoisotopic (exact) mass is 672 g/mol. The van der Waals surface area contributed by atoms with Crippen molar-refractivity contribution in [3.8, 4) is 0 Å². The van der Waals surface area contributed by atoms with E-state index in [0.717, 1.165) is 43.4 Å². The fourth-order valence-electron chi connectivity index (χ4n) is 8.48. The second kappa shape index (κ2) is 13.3. The van der Waals surface area contributed by atoms with Crippen LogP contribution < -0.4 is 15.5 Å². The Morgan fingerprint density at radius 1 is 1.02 bits per heavy atom. The number of halogens is 2. The zero-order chi connectivity index (χ0) is 33.4. The van der Waals surface area contributed by atoms with Crippen LogP contribution in [0.5, 0.6) is 0 Å². The average molecular weight is 673 g/mol. The average Bonchev–Trinajstić information content (AvgIpc) is 3.81. The summed E-state index contributed by atoms with van der Waals surface area (Å²) in [6, 6.07) is 13.2. The van der Waals surface area contributed by atoms with Crippen molar-refractivity contribution in [3.63, 3.8) is 0 Å². The summed E-state index contributed by atoms with van der Waals surface area (Å²) in [5.41, 5.74) is -0.415. The predicted octanol–water partition coefficient (Wildman–Crippen LogP) is 4.60. The highest BCUT2D eigenvalue weighted by atomic mass is 32.2. The molecular formula is C35H46F2N4O5S. The van der Waals surface area contributed by atoms with E-state index in [2.05, 4.69) is 15.5 Å². The van der Waals surface area contributed by atoms with Crippen LogP contribution in [0.4, 0.5) is 19.3 Å². The summed E-state index contributed by atoms with van der Waals surface area (Å²) < 4.78 is 60.8. The summed E-state index contributed by atoms with van der Waals surface area (Å²) in [6.45, 7) is 3.86. The highest BCUT2D eigenvalue weighted by Gasteiger charge is 2.53. The van der Waals surface area contributed by atoms with Crippen molar-refractivity contribution in [2.75, 3.05) is 51.3 Å². The lowest BCUT2D eigenvalue weighted by Crippen LogP contribution is -2.65. The molecule has 12 heteroatoms. The van der Waals surface area contributed by atoms with Crippen molar-refractivity contribution in [2.24, 2.45) is 11.8 Å². The number of hydrogen-bond donors (Lipinski definition) is 2. The number of methoxy groups -OCH3 is 1. The van der Waals surface area contributed by atoms with Crippen LogP contribution in [-0.2, 0) is 24.8 Å². The van der Waals surface area contributed by atoms with Crippen molar-refractivity contribution >= 4 is 27.5 Å². The van der Waals surface area contributed by atoms with Crippen LogP contribution >= 0.6 is 0 Å². The first kappa shape index (κ1) is 33.6. The summed E-state index contributed by atoms with van der Waals surface area (Å²) in [6.07, 6.45) is 4.83. The van der Waals surface area contributed by atoms with Gasteiger partial charge in [-0.3, -0.25) is 9.69 Å². The Labute approximate surface area is 276 Å². The van der Waals surface area contributed by atoms with Crippen molar-refractivity contribution in [1.82, 2.24) is 15.5 Å². The maximum Gasteiger partial charge on any atom is 0.407 e. The summed E-state index contributed by atoms with van der Waals surface area (Å²) in [5, 5.41) is 5.82. The van der Waals surface area contributed by atoms with Gasteiger partial charge in [0.05, 0.1) is 30.3 Å². The number of sulfone groups is 1. The van der Waals surface area contributed by atoms with E-state index in [1.165, 1.54) is 20.1 Å². The zero-order valence-corrected chi connectivity index (χ0v) is 28.0. The summed E-state index contributed by atoms with van der Waals surface area (Å²) in [4.78, 5) is 29.1. The molecule has 2 aromatic rings. The standard InChI is InChI=1S/C35H46F2N4O5S/c1-24(42)38-20-35(26-5-3-6-27(36)19-26,31-7-4-8-32(31)39-33(43)46-2)25-15-17-40(18-16-25)21-34(37)22-41(23-34)28-9-11-29(12-10-28)47(44,45)30-13-14-30/h3,5-6,9-12,19,25,30-32H,4,7-8,13-18,20-23H2,1-2H3,(H,38,42)(H,39,43)/t31-,32-,35?/m0/s1. The molecule has 2 saturated heterocycles. The van der Waals surface area contributed by atoms with E-state index in [1.807, 2.05) is 11.0 Å². The molecule has 2 heterocycles. The minimum absolute atomic E-state index is 0.0522. The van der Waals surface area contributed by atoms with Gasteiger partial charge in [-0.25, -0.2) is 22.0 Å². The van der Waals surface area contributed by atoms with Crippen LogP contribution in [0.25, 0.3) is 0 Å². The van der Waals surface area contributed by atoms with Gasteiger partial charge in [-0.2, -0.15) is 0 Å². The number of hydrogen-bond acceptors (Lipinski definition) is 7. The van der Waals surface area contributed by atoms with Gasteiger partial charge in [-0.1, -0.05) is 18.6 Å². The summed E-state index contributed by atoms with van der Waals surface area (Å²) in [5.74, 6) is -0.538. The number of alkyl carbamates (subject to hydrolysis) is 1. The van der Waals surface area contributed by atoms with E-state index in [4.69, 9.17) is 4.74 Å². The Hall–Kier alpha value is -3.25. The fourth-order valence-corrected chi connectivity index (χ4v) is 10.1. The molecule has 2 aliphatic carbocycles. The molecule has 4 aliphatic rings. The molecule has 0 radical (unpaired) electrons. The lowest BCUT2D eigenvalue weighted by Gasteiger charge is -2.52. The molecule has 256 valence electrons. The van der Waals surface area contributed by atoms with E-state index in [0.29, 0.717) is 43.9 Å². The molecule has 2 saturated carbocycles. The number of carbonyl (C=O) groups excluding carboxylic acids is 2. The molecule has 47 heavy (non-hydrogen) atoms. The number of amides is 2. The molecular weight excluding hydrogens is 626 g/mol. The fraction of sp³-hybridized carbons (Fsp3) is 0.600. The van der Waals surface area contributed by atoms with Crippen molar-refractivity contribution in [1.29, 1.82) is 0 Å². The van der Waals surface area contributed by atoms with Crippen LogP contribution in [0.15, 0.2) is 53.4 Å². The number of alkyl halides is 1. The Balaban J connectivity index is 1.15. The minimum Gasteiger partial charge on any atom is -0.453 e. The lowest BCUT2D eigenvalue weighted by molar-refractivity contribution is -0.119. The maximum atomic E-state index is 16.0. The Bertz CT molecular complexity index is 1560. The van der Waals surface area contributed by atoms with Gasteiger partial charge in [0.15, 0.2) is 15.5 Å². The van der Waals surface area contributed by atoms with Crippen LogP contribution in [0.2, 0.25) is 0 Å². The van der Waals surface area contributed by atoms with Gasteiger partial charge in [0, 0.05) is 37.2 Å². The minimum atomic E-state index is -3.26. The van der Waals surface area contributed by atoms with Crippen LogP contribution in [0.3, 0.4) is 0 Å². The maximum absolute atomic E-state index is 16.0. The second-order valence-electron chi connectivity index (χ2n) is 14.0. The molecule has 9 nitrogen and oxygen atoms in total. The van der Waals surface area contributed by atoms with Gasteiger partial charge in [-0.05, 0) is 105 Å². The number of nitrogens with one attached hydrogen (secondary N) is 2. The first-order valence-corrected chi connectivity index (χ1v) is 18.3. The molecule has 2 amide bonds. The van der Waals surface area contributed by atoms with E-state index in [-0.39, 0.29) is 47.9 Å².